The molecule has 1 N–H and O–H groups in total. The summed E-state index contributed by atoms with van der Waals surface area (Å²) in [6.45, 7) is 1.18. The second-order valence-electron chi connectivity index (χ2n) is 3.92. The molecule has 0 saturated carbocycles. The number of likely N-dealkylation sites (N-methyl/N-ethyl adjacent to an activating group) is 1. The highest BCUT2D eigenvalue weighted by Gasteiger charge is 2.21. The van der Waals surface area contributed by atoms with Crippen molar-refractivity contribution in [2.24, 2.45) is 0 Å². The summed E-state index contributed by atoms with van der Waals surface area (Å²) in [5.74, 6) is 0. The summed E-state index contributed by atoms with van der Waals surface area (Å²) in [6, 6.07) is 2.44. The Morgan fingerprint density at radius 1 is 1.79 bits per heavy atom. The Hall–Kier alpha value is -1.16. The maximum absolute atomic E-state index is 10.4. The van der Waals surface area contributed by atoms with Gasteiger partial charge in [0, 0.05) is 18.2 Å². The van der Waals surface area contributed by atoms with Crippen molar-refractivity contribution in [2.45, 2.75) is 25.3 Å². The average molecular weight is 193 g/mol. The van der Waals surface area contributed by atoms with E-state index in [0.29, 0.717) is 11.7 Å². The smallest absolute Gasteiger partial charge is 0.170 e. The van der Waals surface area contributed by atoms with Crippen LogP contribution in [0.15, 0.2) is 6.07 Å². The van der Waals surface area contributed by atoms with E-state index in [4.69, 9.17) is 0 Å². The highest BCUT2D eigenvalue weighted by Crippen LogP contribution is 2.18. The van der Waals surface area contributed by atoms with Gasteiger partial charge in [-0.05, 0) is 32.5 Å². The van der Waals surface area contributed by atoms with Gasteiger partial charge in [-0.3, -0.25) is 9.89 Å². The van der Waals surface area contributed by atoms with Crippen LogP contribution in [0.25, 0.3) is 0 Å². The fourth-order valence-corrected chi connectivity index (χ4v) is 2.04. The lowest BCUT2D eigenvalue weighted by atomic mass is 10.1. The highest BCUT2D eigenvalue weighted by atomic mass is 16.1. The number of carbonyl (C=O) groups is 1. The van der Waals surface area contributed by atoms with Crippen molar-refractivity contribution in [1.82, 2.24) is 15.1 Å². The van der Waals surface area contributed by atoms with Gasteiger partial charge in [-0.25, -0.2) is 0 Å². The van der Waals surface area contributed by atoms with E-state index in [-0.39, 0.29) is 0 Å². The molecule has 1 aliphatic heterocycles. The minimum Gasteiger partial charge on any atom is -0.303 e. The van der Waals surface area contributed by atoms with Gasteiger partial charge in [0.15, 0.2) is 6.29 Å². The van der Waals surface area contributed by atoms with E-state index < -0.39 is 0 Å². The molecule has 0 amide bonds. The molecule has 2 heterocycles. The zero-order chi connectivity index (χ0) is 9.97. The molecular weight excluding hydrogens is 178 g/mol. The molecule has 4 heteroatoms. The largest absolute Gasteiger partial charge is 0.303 e. The van der Waals surface area contributed by atoms with Crippen LogP contribution >= 0.6 is 0 Å². The standard InChI is InChI=1S/C10H15N3O/c1-13-4-2-3-10(13)6-8-5-9(7-14)12-11-8/h5,7,10H,2-4,6H2,1H3,(H,11,12). The number of H-pyrrole nitrogens is 1. The third-order valence-electron chi connectivity index (χ3n) is 2.90. The molecule has 0 aromatic carbocycles. The molecule has 1 saturated heterocycles. The number of nitrogens with zero attached hydrogens (tertiary/aromatic N) is 2. The second kappa shape index (κ2) is 3.92. The summed E-state index contributed by atoms with van der Waals surface area (Å²) in [6.07, 6.45) is 4.26. The molecular formula is C10H15N3O. The number of likely N-dealkylation sites (tertiary alicyclic amines) is 1. The van der Waals surface area contributed by atoms with Crippen LogP contribution in [-0.2, 0) is 6.42 Å². The van der Waals surface area contributed by atoms with Crippen molar-refractivity contribution in [1.29, 1.82) is 0 Å². The van der Waals surface area contributed by atoms with Crippen molar-refractivity contribution in [3.8, 4) is 0 Å². The lowest BCUT2D eigenvalue weighted by Crippen LogP contribution is -2.26. The van der Waals surface area contributed by atoms with Crippen LogP contribution < -0.4 is 0 Å². The first-order valence-corrected chi connectivity index (χ1v) is 4.99. The molecule has 0 spiro atoms. The SMILES string of the molecule is CN1CCCC1Cc1cc(C=O)n[nH]1. The van der Waals surface area contributed by atoms with Gasteiger partial charge >= 0.3 is 0 Å². The molecule has 2 rings (SSSR count). The third-order valence-corrected chi connectivity index (χ3v) is 2.90. The molecule has 1 fully saturated rings. The third kappa shape index (κ3) is 1.85. The molecule has 1 aromatic heterocycles. The number of hydrogen-bond donors (Lipinski definition) is 1. The Labute approximate surface area is 83.3 Å². The Bertz CT molecular complexity index is 321. The quantitative estimate of drug-likeness (QED) is 0.724. The molecule has 0 bridgehead atoms. The minimum atomic E-state index is 0.501. The van der Waals surface area contributed by atoms with Crippen LogP contribution in [0, 0.1) is 0 Å². The summed E-state index contributed by atoms with van der Waals surface area (Å²) in [7, 11) is 2.15. The maximum atomic E-state index is 10.4. The monoisotopic (exact) mass is 193 g/mol. The van der Waals surface area contributed by atoms with Gasteiger partial charge in [-0.1, -0.05) is 0 Å². The molecule has 1 atom stereocenters. The molecule has 76 valence electrons. The van der Waals surface area contributed by atoms with E-state index in [0.717, 1.165) is 18.4 Å². The average Bonchev–Trinajstić information content (AvgIpc) is 2.77. The van der Waals surface area contributed by atoms with E-state index in [9.17, 15) is 4.79 Å². The lowest BCUT2D eigenvalue weighted by molar-refractivity contribution is 0.111. The topological polar surface area (TPSA) is 49.0 Å². The number of hydrogen-bond acceptors (Lipinski definition) is 3. The molecule has 0 radical (unpaired) electrons. The first-order chi connectivity index (χ1) is 6.79. The van der Waals surface area contributed by atoms with Crippen molar-refractivity contribution < 1.29 is 4.79 Å². The van der Waals surface area contributed by atoms with Gasteiger partial charge in [0.25, 0.3) is 0 Å². The van der Waals surface area contributed by atoms with Crippen LogP contribution in [0.2, 0.25) is 0 Å². The molecule has 0 aliphatic carbocycles. The molecule has 14 heavy (non-hydrogen) atoms. The van der Waals surface area contributed by atoms with Crippen molar-refractivity contribution in [3.63, 3.8) is 0 Å². The number of rotatable bonds is 3. The zero-order valence-corrected chi connectivity index (χ0v) is 8.36. The van der Waals surface area contributed by atoms with E-state index in [2.05, 4.69) is 22.1 Å². The number of aldehydes is 1. The Morgan fingerprint density at radius 3 is 3.21 bits per heavy atom. The molecule has 1 unspecified atom stereocenters. The summed E-state index contributed by atoms with van der Waals surface area (Å²) in [5, 5.41) is 6.79. The zero-order valence-electron chi connectivity index (χ0n) is 8.36. The molecule has 4 nitrogen and oxygen atoms in total. The van der Waals surface area contributed by atoms with Gasteiger partial charge < -0.3 is 4.90 Å². The summed E-state index contributed by atoms with van der Waals surface area (Å²) in [5.41, 5.74) is 1.56. The fourth-order valence-electron chi connectivity index (χ4n) is 2.04. The summed E-state index contributed by atoms with van der Waals surface area (Å²) < 4.78 is 0. The van der Waals surface area contributed by atoms with Crippen LogP contribution in [0.4, 0.5) is 0 Å². The fraction of sp³-hybridized carbons (Fsp3) is 0.600. The normalized spacial score (nSPS) is 22.8. The van der Waals surface area contributed by atoms with Crippen molar-refractivity contribution >= 4 is 6.29 Å². The molecule has 1 aliphatic rings. The van der Waals surface area contributed by atoms with Gasteiger partial charge in [0.1, 0.15) is 5.69 Å². The second-order valence-corrected chi connectivity index (χ2v) is 3.92. The van der Waals surface area contributed by atoms with Gasteiger partial charge in [-0.15, -0.1) is 0 Å². The highest BCUT2D eigenvalue weighted by molar-refractivity contribution is 5.71. The number of nitrogens with one attached hydrogen (secondary N) is 1. The van der Waals surface area contributed by atoms with E-state index in [1.165, 1.54) is 19.4 Å². The maximum Gasteiger partial charge on any atom is 0.170 e. The van der Waals surface area contributed by atoms with Crippen molar-refractivity contribution in [3.05, 3.63) is 17.5 Å². The summed E-state index contributed by atoms with van der Waals surface area (Å²) >= 11 is 0. The number of carbonyl (C=O) groups excluding carboxylic acids is 1. The lowest BCUT2D eigenvalue weighted by Gasteiger charge is -2.17. The first kappa shape index (κ1) is 9.40. The Balaban J connectivity index is 1.99. The van der Waals surface area contributed by atoms with Crippen LogP contribution in [0.5, 0.6) is 0 Å². The van der Waals surface area contributed by atoms with E-state index in [1.807, 2.05) is 6.07 Å². The van der Waals surface area contributed by atoms with Crippen LogP contribution in [-0.4, -0.2) is 41.0 Å². The van der Waals surface area contributed by atoms with Crippen LogP contribution in [0.3, 0.4) is 0 Å². The van der Waals surface area contributed by atoms with Gasteiger partial charge in [-0.2, -0.15) is 5.10 Å². The molecule has 1 aromatic rings. The van der Waals surface area contributed by atoms with E-state index in [1.54, 1.807) is 0 Å². The van der Waals surface area contributed by atoms with E-state index >= 15 is 0 Å². The summed E-state index contributed by atoms with van der Waals surface area (Å²) in [4.78, 5) is 12.8. The predicted octanol–water partition coefficient (Wildman–Crippen LogP) is 0.859. The van der Waals surface area contributed by atoms with Gasteiger partial charge in [0.05, 0.1) is 0 Å². The minimum absolute atomic E-state index is 0.501. The Kier molecular flexibility index (Phi) is 2.63. The predicted molar refractivity (Wildman–Crippen MR) is 53.3 cm³/mol. The van der Waals surface area contributed by atoms with Crippen molar-refractivity contribution in [2.75, 3.05) is 13.6 Å². The first-order valence-electron chi connectivity index (χ1n) is 4.99. The number of aromatic amines is 1. The number of aromatic nitrogens is 2. The van der Waals surface area contributed by atoms with Gasteiger partial charge in [0.2, 0.25) is 0 Å². The van der Waals surface area contributed by atoms with Crippen LogP contribution in [0.1, 0.15) is 29.0 Å². The Morgan fingerprint density at radius 2 is 2.64 bits per heavy atom.